The van der Waals surface area contributed by atoms with Crippen LogP contribution in [-0.2, 0) is 10.0 Å². The molecule has 1 rings (SSSR count). The average molecular weight is 273 g/mol. The first-order valence-electron chi connectivity index (χ1n) is 5.71. The zero-order chi connectivity index (χ0) is 13.8. The predicted octanol–water partition coefficient (Wildman–Crippen LogP) is 0.349. The van der Waals surface area contributed by atoms with Crippen molar-refractivity contribution in [2.24, 2.45) is 5.92 Å². The molecule has 0 saturated heterocycles. The Labute approximate surface area is 107 Å². The Morgan fingerprint density at radius 3 is 2.72 bits per heavy atom. The summed E-state index contributed by atoms with van der Waals surface area (Å²) in [6.45, 7) is 3.88. The molecule has 1 atom stereocenters. The Morgan fingerprint density at radius 1 is 1.50 bits per heavy atom. The number of hydrogen-bond donors (Lipinski definition) is 3. The number of pyridine rings is 1. The quantitative estimate of drug-likeness (QED) is 0.693. The molecule has 0 bridgehead atoms. The van der Waals surface area contributed by atoms with E-state index in [9.17, 15) is 13.5 Å². The van der Waals surface area contributed by atoms with Crippen molar-refractivity contribution in [2.45, 2.75) is 31.3 Å². The lowest BCUT2D eigenvalue weighted by atomic mass is 10.1. The van der Waals surface area contributed by atoms with Crippen molar-refractivity contribution in [1.82, 2.24) is 9.71 Å². The van der Waals surface area contributed by atoms with Gasteiger partial charge in [-0.05, 0) is 24.5 Å². The van der Waals surface area contributed by atoms with Crippen molar-refractivity contribution in [3.05, 3.63) is 18.3 Å². The molecule has 0 aliphatic carbocycles. The van der Waals surface area contributed by atoms with Crippen molar-refractivity contribution in [3.63, 3.8) is 0 Å². The summed E-state index contributed by atoms with van der Waals surface area (Å²) in [5.41, 5.74) is 5.50. The van der Waals surface area contributed by atoms with Crippen molar-refractivity contribution in [2.75, 3.05) is 12.3 Å². The van der Waals surface area contributed by atoms with Gasteiger partial charge in [-0.3, -0.25) is 0 Å². The number of aliphatic hydroxyl groups excluding tert-OH is 1. The lowest BCUT2D eigenvalue weighted by molar-refractivity contribution is 0.152. The van der Waals surface area contributed by atoms with Gasteiger partial charge in [-0.15, -0.1) is 0 Å². The molecule has 6 nitrogen and oxygen atoms in total. The standard InChI is InChI=1S/C11H19N3O3S/c1-8(2)6-9(15)7-14-18(16,17)10-4-3-5-13-11(10)12/h3-5,8-9,14-15H,6-7H2,1-2H3,(H2,12,13). The molecule has 18 heavy (non-hydrogen) atoms. The van der Waals surface area contributed by atoms with Crippen molar-refractivity contribution in [1.29, 1.82) is 0 Å². The summed E-state index contributed by atoms with van der Waals surface area (Å²) in [5.74, 6) is 0.247. The van der Waals surface area contributed by atoms with Crippen LogP contribution >= 0.6 is 0 Å². The third kappa shape index (κ3) is 4.25. The molecule has 0 aliphatic heterocycles. The first-order chi connectivity index (χ1) is 8.33. The van der Waals surface area contributed by atoms with Crippen molar-refractivity contribution >= 4 is 15.8 Å². The third-order valence-electron chi connectivity index (χ3n) is 2.34. The zero-order valence-corrected chi connectivity index (χ0v) is 11.3. The number of hydrogen-bond acceptors (Lipinski definition) is 5. The second-order valence-corrected chi connectivity index (χ2v) is 6.26. The van der Waals surface area contributed by atoms with Crippen LogP contribution in [0.25, 0.3) is 0 Å². The minimum absolute atomic E-state index is 0.0329. The Bertz CT molecular complexity index is 488. The molecule has 4 N–H and O–H groups in total. The topological polar surface area (TPSA) is 105 Å². The van der Waals surface area contributed by atoms with E-state index in [1.807, 2.05) is 13.8 Å². The second kappa shape index (κ2) is 6.12. The van der Waals surface area contributed by atoms with Gasteiger partial charge in [0.15, 0.2) is 0 Å². The highest BCUT2D eigenvalue weighted by Gasteiger charge is 2.19. The molecule has 0 saturated carbocycles. The largest absolute Gasteiger partial charge is 0.392 e. The average Bonchev–Trinajstić information content (AvgIpc) is 2.26. The number of anilines is 1. The molecule has 0 fully saturated rings. The SMILES string of the molecule is CC(C)CC(O)CNS(=O)(=O)c1cccnc1N. The van der Waals surface area contributed by atoms with Gasteiger partial charge in [-0.25, -0.2) is 18.1 Å². The fraction of sp³-hybridized carbons (Fsp3) is 0.545. The maximum Gasteiger partial charge on any atom is 0.244 e. The number of aromatic nitrogens is 1. The van der Waals surface area contributed by atoms with Crippen molar-refractivity contribution in [3.8, 4) is 0 Å². The van der Waals surface area contributed by atoms with Crippen LogP contribution in [0.15, 0.2) is 23.2 Å². The molecule has 1 aromatic rings. The number of nitrogens with zero attached hydrogens (tertiary/aromatic N) is 1. The van der Waals surface area contributed by atoms with Crippen LogP contribution in [0.5, 0.6) is 0 Å². The maximum absolute atomic E-state index is 11.9. The van der Waals surface area contributed by atoms with Gasteiger partial charge in [0.25, 0.3) is 0 Å². The van der Waals surface area contributed by atoms with E-state index >= 15 is 0 Å². The summed E-state index contributed by atoms with van der Waals surface area (Å²) in [5, 5.41) is 9.63. The molecule has 0 aromatic carbocycles. The van der Waals surface area contributed by atoms with Gasteiger partial charge in [-0.2, -0.15) is 0 Å². The first-order valence-corrected chi connectivity index (χ1v) is 7.19. The number of sulfonamides is 1. The minimum Gasteiger partial charge on any atom is -0.392 e. The van der Waals surface area contributed by atoms with Crippen LogP contribution in [0.4, 0.5) is 5.82 Å². The van der Waals surface area contributed by atoms with Gasteiger partial charge in [0.1, 0.15) is 10.7 Å². The van der Waals surface area contributed by atoms with Gasteiger partial charge in [-0.1, -0.05) is 13.8 Å². The number of rotatable bonds is 6. The van der Waals surface area contributed by atoms with E-state index in [1.165, 1.54) is 18.3 Å². The van der Waals surface area contributed by atoms with Crippen LogP contribution in [0, 0.1) is 5.92 Å². The molecule has 1 aromatic heterocycles. The normalized spacial score (nSPS) is 13.8. The summed E-state index contributed by atoms with van der Waals surface area (Å²) in [7, 11) is -3.72. The highest BCUT2D eigenvalue weighted by Crippen LogP contribution is 2.14. The predicted molar refractivity (Wildman–Crippen MR) is 69.3 cm³/mol. The van der Waals surface area contributed by atoms with Gasteiger partial charge >= 0.3 is 0 Å². The number of nitrogens with two attached hydrogens (primary N) is 1. The number of nitrogens with one attached hydrogen (secondary N) is 1. The van der Waals surface area contributed by atoms with Gasteiger partial charge in [0.05, 0.1) is 6.10 Å². The fourth-order valence-corrected chi connectivity index (χ4v) is 2.69. The van der Waals surface area contributed by atoms with E-state index in [-0.39, 0.29) is 17.3 Å². The molecule has 1 heterocycles. The van der Waals surface area contributed by atoms with E-state index in [0.29, 0.717) is 12.3 Å². The van der Waals surface area contributed by atoms with E-state index in [2.05, 4.69) is 9.71 Å². The molecule has 102 valence electrons. The molecular formula is C11H19N3O3S. The molecule has 1 unspecified atom stereocenters. The highest BCUT2D eigenvalue weighted by molar-refractivity contribution is 7.89. The third-order valence-corrected chi connectivity index (χ3v) is 3.81. The van der Waals surface area contributed by atoms with Gasteiger partial charge < -0.3 is 10.8 Å². The van der Waals surface area contributed by atoms with Crippen LogP contribution in [0.1, 0.15) is 20.3 Å². The Kier molecular flexibility index (Phi) is 5.06. The Hall–Kier alpha value is -1.18. The smallest absolute Gasteiger partial charge is 0.244 e. The van der Waals surface area contributed by atoms with Gasteiger partial charge in [0.2, 0.25) is 10.0 Å². The second-order valence-electron chi connectivity index (χ2n) is 4.52. The van der Waals surface area contributed by atoms with E-state index in [1.54, 1.807) is 0 Å². The van der Waals surface area contributed by atoms with Crippen LogP contribution in [0.2, 0.25) is 0 Å². The van der Waals surface area contributed by atoms with Crippen LogP contribution < -0.4 is 10.5 Å². The number of nitrogen functional groups attached to an aromatic ring is 1. The van der Waals surface area contributed by atoms with E-state index in [4.69, 9.17) is 5.73 Å². The monoisotopic (exact) mass is 273 g/mol. The summed E-state index contributed by atoms with van der Waals surface area (Å²) in [6, 6.07) is 2.87. The fourth-order valence-electron chi connectivity index (χ4n) is 1.54. The van der Waals surface area contributed by atoms with Crippen molar-refractivity contribution < 1.29 is 13.5 Å². The van der Waals surface area contributed by atoms with E-state index < -0.39 is 16.1 Å². The minimum atomic E-state index is -3.72. The molecule has 7 heteroatoms. The van der Waals surface area contributed by atoms with Gasteiger partial charge in [0, 0.05) is 12.7 Å². The lowest BCUT2D eigenvalue weighted by Crippen LogP contribution is -2.33. The molecule has 0 amide bonds. The molecule has 0 aliphatic rings. The number of aliphatic hydroxyl groups is 1. The maximum atomic E-state index is 11.9. The summed E-state index contributed by atoms with van der Waals surface area (Å²) in [6.07, 6.45) is 1.24. The summed E-state index contributed by atoms with van der Waals surface area (Å²) in [4.78, 5) is 3.65. The Balaban J connectivity index is 2.69. The zero-order valence-electron chi connectivity index (χ0n) is 10.5. The lowest BCUT2D eigenvalue weighted by Gasteiger charge is -2.14. The first kappa shape index (κ1) is 14.9. The molecule has 0 spiro atoms. The van der Waals surface area contributed by atoms with E-state index in [0.717, 1.165) is 0 Å². The van der Waals surface area contributed by atoms with Crippen LogP contribution in [0.3, 0.4) is 0 Å². The van der Waals surface area contributed by atoms with Crippen LogP contribution in [-0.4, -0.2) is 31.2 Å². The highest BCUT2D eigenvalue weighted by atomic mass is 32.2. The summed E-state index contributed by atoms with van der Waals surface area (Å²) < 4.78 is 26.1. The molecular weight excluding hydrogens is 254 g/mol. The summed E-state index contributed by atoms with van der Waals surface area (Å²) >= 11 is 0. The Morgan fingerprint density at radius 2 is 2.17 bits per heavy atom. The molecule has 0 radical (unpaired) electrons.